The zero-order valence-electron chi connectivity index (χ0n) is 43.0. The third-order valence-electron chi connectivity index (χ3n) is 18.1. The first-order valence-corrected chi connectivity index (χ1v) is 28.0. The number of para-hydroxylation sites is 4. The molecule has 0 aromatic heterocycles. The molecule has 2 aliphatic heterocycles. The smallest absolute Gasteiger partial charge is 0.252 e. The second-order valence-electron chi connectivity index (χ2n) is 22.3. The van der Waals surface area contributed by atoms with Crippen molar-refractivity contribution in [2.45, 2.75) is 56.8 Å². The molecular formula is C72H60BN3. The lowest BCUT2D eigenvalue weighted by Crippen LogP contribution is -2.61. The minimum atomic E-state index is -0.518. The number of benzene rings is 10. The van der Waals surface area contributed by atoms with E-state index in [9.17, 15) is 0 Å². The first-order chi connectivity index (χ1) is 37.7. The third-order valence-corrected chi connectivity index (χ3v) is 18.1. The fourth-order valence-corrected chi connectivity index (χ4v) is 15.1. The van der Waals surface area contributed by atoms with Crippen molar-refractivity contribution in [2.24, 2.45) is 17.8 Å². The molecule has 0 amide bonds. The van der Waals surface area contributed by atoms with Crippen LogP contribution in [-0.4, -0.2) is 6.71 Å². The maximum Gasteiger partial charge on any atom is 0.252 e. The van der Waals surface area contributed by atoms with Crippen LogP contribution in [0.1, 0.15) is 72.8 Å². The molecule has 0 radical (unpaired) electrons. The highest BCUT2D eigenvalue weighted by Crippen LogP contribution is 2.58. The zero-order chi connectivity index (χ0) is 50.2. The maximum atomic E-state index is 2.65. The van der Waals surface area contributed by atoms with Crippen LogP contribution in [0.3, 0.4) is 0 Å². The zero-order valence-corrected chi connectivity index (χ0v) is 43.0. The SMILES string of the molecule is c1ccc(N(c2ccccc2)c2ccc3c(c2)N(c2ccccc2)c2cc(CCC4CC5CCCC(C5)C4)cc4c2B3c2ccccc2N4c2ccc3c(c2)C(c2ccccc2)(c2ccccc2)c2ccccc2-3)cc1. The summed E-state index contributed by atoms with van der Waals surface area (Å²) in [6, 6.07) is 93.7. The Kier molecular flexibility index (Phi) is 11.0. The van der Waals surface area contributed by atoms with E-state index in [4.69, 9.17) is 0 Å². The van der Waals surface area contributed by atoms with Crippen LogP contribution >= 0.6 is 0 Å². The molecule has 5 aliphatic rings. The van der Waals surface area contributed by atoms with Crippen LogP contribution < -0.4 is 31.1 Å². The van der Waals surface area contributed by atoms with Gasteiger partial charge < -0.3 is 14.7 Å². The maximum absolute atomic E-state index is 2.65. The molecule has 0 spiro atoms. The Morgan fingerprint density at radius 1 is 0.421 bits per heavy atom. The van der Waals surface area contributed by atoms with E-state index in [1.54, 1.807) is 0 Å². The fraction of sp³-hybridized carbons (Fsp3) is 0.167. The molecular weight excluding hydrogens is 918 g/mol. The summed E-state index contributed by atoms with van der Waals surface area (Å²) >= 11 is 0. The Morgan fingerprint density at radius 3 is 1.64 bits per heavy atom. The molecule has 2 saturated carbocycles. The van der Waals surface area contributed by atoms with Gasteiger partial charge in [-0.05, 0) is 184 Å². The van der Waals surface area contributed by atoms with Gasteiger partial charge in [0, 0.05) is 51.2 Å². The van der Waals surface area contributed by atoms with Crippen molar-refractivity contribution in [3.05, 3.63) is 277 Å². The molecule has 2 unspecified atom stereocenters. The molecule has 15 rings (SSSR count). The third kappa shape index (κ3) is 7.25. The number of fused-ring (bicyclic) bond motifs is 9. The van der Waals surface area contributed by atoms with Crippen LogP contribution in [0.4, 0.5) is 51.2 Å². The molecule has 3 aliphatic carbocycles. The summed E-state index contributed by atoms with van der Waals surface area (Å²) in [5, 5.41) is 0. The monoisotopic (exact) mass is 977 g/mol. The number of hydrogen-bond donors (Lipinski definition) is 0. The molecule has 0 saturated heterocycles. The molecule has 2 heterocycles. The minimum Gasteiger partial charge on any atom is -0.311 e. The average Bonchev–Trinajstić information content (AvgIpc) is 3.85. The Hall–Kier alpha value is -8.34. The van der Waals surface area contributed by atoms with Crippen LogP contribution in [0, 0.1) is 17.8 Å². The molecule has 2 fully saturated rings. The molecule has 2 bridgehead atoms. The van der Waals surface area contributed by atoms with Gasteiger partial charge in [-0.1, -0.05) is 189 Å². The molecule has 10 aromatic carbocycles. The average molecular weight is 978 g/mol. The van der Waals surface area contributed by atoms with Gasteiger partial charge in [0.15, 0.2) is 0 Å². The van der Waals surface area contributed by atoms with Crippen molar-refractivity contribution in [1.82, 2.24) is 0 Å². The van der Waals surface area contributed by atoms with E-state index in [2.05, 4.69) is 263 Å². The van der Waals surface area contributed by atoms with Gasteiger partial charge in [0.1, 0.15) is 0 Å². The Balaban J connectivity index is 0.966. The van der Waals surface area contributed by atoms with Crippen molar-refractivity contribution < 1.29 is 0 Å². The van der Waals surface area contributed by atoms with Gasteiger partial charge in [-0.2, -0.15) is 0 Å². The normalized spacial score (nSPS) is 18.2. The molecule has 366 valence electrons. The molecule has 3 nitrogen and oxygen atoms in total. The number of hydrogen-bond acceptors (Lipinski definition) is 3. The van der Waals surface area contributed by atoms with Gasteiger partial charge in [-0.25, -0.2) is 0 Å². The predicted octanol–water partition coefficient (Wildman–Crippen LogP) is 16.8. The van der Waals surface area contributed by atoms with E-state index in [0.717, 1.165) is 41.2 Å². The van der Waals surface area contributed by atoms with Crippen LogP contribution in [-0.2, 0) is 11.8 Å². The lowest BCUT2D eigenvalue weighted by molar-refractivity contribution is 0.132. The number of anilines is 9. The summed E-state index contributed by atoms with van der Waals surface area (Å²) in [6.07, 6.45) is 10.8. The summed E-state index contributed by atoms with van der Waals surface area (Å²) in [5.74, 6) is 2.59. The Morgan fingerprint density at radius 2 is 0.974 bits per heavy atom. The van der Waals surface area contributed by atoms with Crippen molar-refractivity contribution >= 4 is 74.3 Å². The van der Waals surface area contributed by atoms with Crippen molar-refractivity contribution in [1.29, 1.82) is 0 Å². The first kappa shape index (κ1) is 45.1. The summed E-state index contributed by atoms with van der Waals surface area (Å²) in [7, 11) is 0. The number of rotatable bonds is 10. The number of nitrogens with zero attached hydrogens (tertiary/aromatic N) is 3. The van der Waals surface area contributed by atoms with Gasteiger partial charge in [0.2, 0.25) is 0 Å². The Labute approximate surface area is 448 Å². The van der Waals surface area contributed by atoms with Gasteiger partial charge in [0.05, 0.1) is 5.41 Å². The summed E-state index contributed by atoms with van der Waals surface area (Å²) in [4.78, 5) is 7.67. The fourth-order valence-electron chi connectivity index (χ4n) is 15.1. The quantitative estimate of drug-likeness (QED) is 0.126. The van der Waals surface area contributed by atoms with E-state index in [-0.39, 0.29) is 6.71 Å². The summed E-state index contributed by atoms with van der Waals surface area (Å²) in [5.41, 5.74) is 23.5. The lowest BCUT2D eigenvalue weighted by atomic mass is 9.33. The van der Waals surface area contributed by atoms with E-state index in [1.807, 2.05) is 0 Å². The standard InChI is InChI=1S/C72H60BN3/c1-6-23-54(24-7-1)72(55-25-8-2-9-26-55)63-34-17-16-33-61(63)62-41-39-59(48-64(62)72)76-67-36-19-18-35-65(67)73-66-42-40-60(74(56-27-10-3-11-28-56)57-29-12-4-13-30-57)49-68(66)75(58-31-14-5-15-32-58)69-46-53(47-70(76)71(69)73)38-37-52-44-50-21-20-22-51(43-50)45-52/h1-19,23-36,39-42,46-52H,20-22,37-38,43-45H2. The molecule has 4 heteroatoms. The molecule has 10 aromatic rings. The van der Waals surface area contributed by atoms with E-state index < -0.39 is 5.41 Å². The van der Waals surface area contributed by atoms with Crippen LogP contribution in [0.2, 0.25) is 0 Å². The van der Waals surface area contributed by atoms with E-state index in [1.165, 1.54) is 134 Å². The van der Waals surface area contributed by atoms with Crippen LogP contribution in [0.5, 0.6) is 0 Å². The lowest BCUT2D eigenvalue weighted by Gasteiger charge is -2.45. The molecule has 2 atom stereocenters. The highest BCUT2D eigenvalue weighted by atomic mass is 15.2. The van der Waals surface area contributed by atoms with Crippen molar-refractivity contribution in [3.63, 3.8) is 0 Å². The minimum absolute atomic E-state index is 0.00143. The Bertz CT molecular complexity index is 3680. The highest BCUT2D eigenvalue weighted by Gasteiger charge is 2.48. The van der Waals surface area contributed by atoms with Crippen molar-refractivity contribution in [3.8, 4) is 11.1 Å². The first-order valence-electron chi connectivity index (χ1n) is 28.0. The van der Waals surface area contributed by atoms with Gasteiger partial charge in [0.25, 0.3) is 6.71 Å². The topological polar surface area (TPSA) is 9.72 Å². The van der Waals surface area contributed by atoms with Crippen LogP contribution in [0.15, 0.2) is 249 Å². The second kappa shape index (κ2) is 18.5. The van der Waals surface area contributed by atoms with Gasteiger partial charge in [-0.15, -0.1) is 0 Å². The predicted molar refractivity (Wildman–Crippen MR) is 319 cm³/mol. The number of aryl methyl sites for hydroxylation is 1. The van der Waals surface area contributed by atoms with Crippen LogP contribution in [0.25, 0.3) is 11.1 Å². The van der Waals surface area contributed by atoms with Gasteiger partial charge >= 0.3 is 0 Å². The van der Waals surface area contributed by atoms with E-state index in [0.29, 0.717) is 0 Å². The van der Waals surface area contributed by atoms with Crippen molar-refractivity contribution in [2.75, 3.05) is 14.7 Å². The highest BCUT2D eigenvalue weighted by molar-refractivity contribution is 7.00. The second-order valence-corrected chi connectivity index (χ2v) is 22.3. The van der Waals surface area contributed by atoms with Gasteiger partial charge in [-0.3, -0.25) is 0 Å². The van der Waals surface area contributed by atoms with E-state index >= 15 is 0 Å². The summed E-state index contributed by atoms with van der Waals surface area (Å²) < 4.78 is 0. The summed E-state index contributed by atoms with van der Waals surface area (Å²) in [6.45, 7) is 0.00143. The molecule has 76 heavy (non-hydrogen) atoms. The molecule has 0 N–H and O–H groups in total. The largest absolute Gasteiger partial charge is 0.311 e.